The van der Waals surface area contributed by atoms with E-state index in [9.17, 15) is 0 Å². The molecule has 1 heteroatoms. The van der Waals surface area contributed by atoms with Crippen molar-refractivity contribution < 1.29 is 0 Å². The fraction of sp³-hybridized carbons (Fsp3) is 0.409. The first-order valence-corrected chi connectivity index (χ1v) is 8.85. The molecule has 0 amide bonds. The van der Waals surface area contributed by atoms with E-state index in [0.29, 0.717) is 0 Å². The maximum atomic E-state index is 3.33. The molecule has 0 bridgehead atoms. The molecule has 0 aromatic heterocycles. The van der Waals surface area contributed by atoms with E-state index in [2.05, 4.69) is 71.7 Å². The summed E-state index contributed by atoms with van der Waals surface area (Å²) < 4.78 is 0. The quantitative estimate of drug-likeness (QED) is 0.744. The van der Waals surface area contributed by atoms with Gasteiger partial charge in [0.1, 0.15) is 0 Å². The highest BCUT2D eigenvalue weighted by Crippen LogP contribution is 2.21. The summed E-state index contributed by atoms with van der Waals surface area (Å²) in [5.74, 6) is 7.46. The molecule has 1 fully saturated rings. The summed E-state index contributed by atoms with van der Waals surface area (Å²) in [5.41, 5.74) is 2.66. The van der Waals surface area contributed by atoms with Gasteiger partial charge in [-0.1, -0.05) is 60.4 Å². The molecular weight excluding hydrogens is 278 g/mol. The lowest BCUT2D eigenvalue weighted by Gasteiger charge is -2.31. The molecule has 1 aliphatic heterocycles. The molecule has 0 unspecified atom stereocenters. The molecular formula is C22H26N. The Bertz CT molecular complexity index is 592. The summed E-state index contributed by atoms with van der Waals surface area (Å²) in [7, 11) is 0. The van der Waals surface area contributed by atoms with Gasteiger partial charge in [-0.25, -0.2) is 0 Å². The van der Waals surface area contributed by atoms with Crippen LogP contribution in [0.15, 0.2) is 54.1 Å². The van der Waals surface area contributed by atoms with E-state index >= 15 is 0 Å². The average molecular weight is 304 g/mol. The van der Waals surface area contributed by atoms with Crippen LogP contribution in [-0.2, 0) is 6.42 Å². The predicted octanol–water partition coefficient (Wildman–Crippen LogP) is 4.43. The van der Waals surface area contributed by atoms with Crippen LogP contribution in [0.3, 0.4) is 0 Å². The lowest BCUT2D eigenvalue weighted by Crippen LogP contribution is -2.34. The van der Waals surface area contributed by atoms with Crippen molar-refractivity contribution in [2.45, 2.75) is 32.1 Å². The number of nitrogens with zero attached hydrogens (tertiary/aromatic N) is 1. The van der Waals surface area contributed by atoms with Crippen LogP contribution >= 0.6 is 0 Å². The zero-order chi connectivity index (χ0) is 15.7. The fourth-order valence-electron chi connectivity index (χ4n) is 3.35. The number of benzene rings is 1. The van der Waals surface area contributed by atoms with Crippen molar-refractivity contribution in [1.29, 1.82) is 0 Å². The molecule has 1 heterocycles. The largest absolute Gasteiger partial charge is 0.302 e. The van der Waals surface area contributed by atoms with Gasteiger partial charge in [0.15, 0.2) is 0 Å². The maximum Gasteiger partial charge on any atom is 0.0220 e. The van der Waals surface area contributed by atoms with Crippen molar-refractivity contribution in [3.63, 3.8) is 0 Å². The summed E-state index contributed by atoms with van der Waals surface area (Å²) in [4.78, 5) is 2.58. The topological polar surface area (TPSA) is 3.24 Å². The third kappa shape index (κ3) is 5.41. The number of piperidine rings is 1. The number of rotatable bonds is 4. The zero-order valence-corrected chi connectivity index (χ0v) is 13.9. The molecule has 1 aromatic rings. The normalized spacial score (nSPS) is 19.0. The molecule has 2 aliphatic rings. The minimum Gasteiger partial charge on any atom is -0.302 e. The monoisotopic (exact) mass is 304 g/mol. The van der Waals surface area contributed by atoms with Gasteiger partial charge in [0.25, 0.3) is 0 Å². The second-order valence-corrected chi connectivity index (χ2v) is 6.52. The van der Waals surface area contributed by atoms with Crippen LogP contribution in [-0.4, -0.2) is 24.5 Å². The standard InChI is InChI=1S/C22H26N/c1-3-9-20(10-4-1)11-7-8-16-23-17-14-22(15-18-23)19-21-12-5-2-6-13-21/h1-3,5-6,9-10,12-13,22H,4,8,14-19H2. The highest BCUT2D eigenvalue weighted by Gasteiger charge is 2.18. The molecule has 1 saturated heterocycles. The van der Waals surface area contributed by atoms with Crippen LogP contribution in [0, 0.1) is 24.2 Å². The van der Waals surface area contributed by atoms with E-state index in [1.165, 1.54) is 43.5 Å². The van der Waals surface area contributed by atoms with E-state index < -0.39 is 0 Å². The molecule has 3 rings (SSSR count). The first kappa shape index (κ1) is 16.1. The molecule has 1 aliphatic carbocycles. The van der Waals surface area contributed by atoms with Gasteiger partial charge in [0.2, 0.25) is 0 Å². The van der Waals surface area contributed by atoms with Crippen molar-refractivity contribution >= 4 is 0 Å². The van der Waals surface area contributed by atoms with Crippen LogP contribution in [0.5, 0.6) is 0 Å². The Morgan fingerprint density at radius 2 is 1.91 bits per heavy atom. The van der Waals surface area contributed by atoms with Gasteiger partial charge < -0.3 is 4.90 Å². The Labute approximate surface area is 141 Å². The van der Waals surface area contributed by atoms with Gasteiger partial charge in [-0.2, -0.15) is 0 Å². The van der Waals surface area contributed by atoms with E-state index in [1.807, 2.05) is 0 Å². The molecule has 0 saturated carbocycles. The lowest BCUT2D eigenvalue weighted by atomic mass is 9.90. The first-order valence-electron chi connectivity index (χ1n) is 8.85. The lowest BCUT2D eigenvalue weighted by molar-refractivity contribution is 0.187. The Morgan fingerprint density at radius 1 is 1.09 bits per heavy atom. The van der Waals surface area contributed by atoms with E-state index in [1.54, 1.807) is 0 Å². The summed E-state index contributed by atoms with van der Waals surface area (Å²) >= 11 is 0. The van der Waals surface area contributed by atoms with Crippen molar-refractivity contribution in [2.24, 2.45) is 5.92 Å². The van der Waals surface area contributed by atoms with E-state index in [-0.39, 0.29) is 0 Å². The minimum absolute atomic E-state index is 0.855. The molecule has 119 valence electrons. The van der Waals surface area contributed by atoms with Gasteiger partial charge in [-0.05, 0) is 56.7 Å². The Balaban J connectivity index is 1.35. The van der Waals surface area contributed by atoms with Crippen molar-refractivity contribution in [1.82, 2.24) is 4.90 Å². The van der Waals surface area contributed by atoms with Crippen molar-refractivity contribution in [2.75, 3.05) is 19.6 Å². The van der Waals surface area contributed by atoms with Crippen LogP contribution < -0.4 is 0 Å². The molecule has 1 radical (unpaired) electrons. The maximum absolute atomic E-state index is 3.33. The van der Waals surface area contributed by atoms with Crippen molar-refractivity contribution in [3.8, 4) is 11.8 Å². The predicted molar refractivity (Wildman–Crippen MR) is 97.8 cm³/mol. The number of likely N-dealkylation sites (tertiary alicyclic amines) is 1. The highest BCUT2D eigenvalue weighted by atomic mass is 15.1. The first-order chi connectivity index (χ1) is 11.4. The third-order valence-corrected chi connectivity index (χ3v) is 4.75. The van der Waals surface area contributed by atoms with E-state index in [0.717, 1.165) is 25.3 Å². The summed E-state index contributed by atoms with van der Waals surface area (Å²) in [6.45, 7) is 3.58. The van der Waals surface area contributed by atoms with E-state index in [4.69, 9.17) is 0 Å². The average Bonchev–Trinajstić information content (AvgIpc) is 2.62. The second-order valence-electron chi connectivity index (χ2n) is 6.52. The van der Waals surface area contributed by atoms with Gasteiger partial charge in [-0.3, -0.25) is 0 Å². The number of hydrogen-bond donors (Lipinski definition) is 0. The van der Waals surface area contributed by atoms with Gasteiger partial charge >= 0.3 is 0 Å². The molecule has 0 spiro atoms. The zero-order valence-electron chi connectivity index (χ0n) is 13.9. The van der Waals surface area contributed by atoms with Crippen LogP contribution in [0.25, 0.3) is 0 Å². The molecule has 1 aromatic carbocycles. The van der Waals surface area contributed by atoms with Crippen LogP contribution in [0.4, 0.5) is 0 Å². The minimum atomic E-state index is 0.855. The smallest absolute Gasteiger partial charge is 0.0220 e. The van der Waals surface area contributed by atoms with Gasteiger partial charge in [-0.15, -0.1) is 0 Å². The number of allylic oxidation sites excluding steroid dienone is 4. The highest BCUT2D eigenvalue weighted by molar-refractivity contribution is 5.41. The molecule has 0 N–H and O–H groups in total. The van der Waals surface area contributed by atoms with Gasteiger partial charge in [0, 0.05) is 18.5 Å². The Morgan fingerprint density at radius 3 is 2.65 bits per heavy atom. The third-order valence-electron chi connectivity index (χ3n) is 4.75. The molecule has 23 heavy (non-hydrogen) atoms. The summed E-state index contributed by atoms with van der Waals surface area (Å²) in [6.07, 6.45) is 14.5. The fourth-order valence-corrected chi connectivity index (χ4v) is 3.35. The number of hydrogen-bond acceptors (Lipinski definition) is 1. The van der Waals surface area contributed by atoms with Crippen LogP contribution in [0.1, 0.15) is 31.2 Å². The SMILES string of the molecule is C(#CC1=CC[CH]C=C1)CCN1CCC(Cc2ccccc2)CC1. The van der Waals surface area contributed by atoms with Gasteiger partial charge in [0.05, 0.1) is 0 Å². The Kier molecular flexibility index (Phi) is 6.12. The van der Waals surface area contributed by atoms with Crippen molar-refractivity contribution in [3.05, 3.63) is 66.1 Å². The molecule has 1 nitrogen and oxygen atoms in total. The Hall–Kier alpha value is -1.78. The summed E-state index contributed by atoms with van der Waals surface area (Å²) in [5, 5.41) is 0. The summed E-state index contributed by atoms with van der Waals surface area (Å²) in [6, 6.07) is 10.9. The molecule has 0 atom stereocenters. The second kappa shape index (κ2) is 8.75. The van der Waals surface area contributed by atoms with Crippen LogP contribution in [0.2, 0.25) is 0 Å².